The number of ketones is 1. The van der Waals surface area contributed by atoms with Gasteiger partial charge in [0.25, 0.3) is 5.78 Å². The first-order chi connectivity index (χ1) is 14.5. The molecule has 150 valence electrons. The first-order valence-electron chi connectivity index (χ1n) is 9.78. The number of benzene rings is 2. The predicted molar refractivity (Wildman–Crippen MR) is 118 cm³/mol. The Kier molecular flexibility index (Phi) is 5.05. The Hall–Kier alpha value is -2.70. The Morgan fingerprint density at radius 3 is 2.60 bits per heavy atom. The second-order valence-corrected chi connectivity index (χ2v) is 8.97. The summed E-state index contributed by atoms with van der Waals surface area (Å²) in [6, 6.07) is 16.1. The van der Waals surface area contributed by atoms with Gasteiger partial charge in [0.05, 0.1) is 11.3 Å². The molecule has 4 aromatic rings. The van der Waals surface area contributed by atoms with Crippen LogP contribution in [0.2, 0.25) is 5.02 Å². The first-order valence-corrected chi connectivity index (χ1v) is 11.1. The van der Waals surface area contributed by atoms with Crippen molar-refractivity contribution in [2.75, 3.05) is 0 Å². The summed E-state index contributed by atoms with van der Waals surface area (Å²) in [5, 5.41) is 5.86. The van der Waals surface area contributed by atoms with E-state index in [0.29, 0.717) is 22.9 Å². The average molecular weight is 435 g/mol. The van der Waals surface area contributed by atoms with Crippen molar-refractivity contribution in [3.63, 3.8) is 0 Å². The minimum Gasteiger partial charge on any atom is -0.294 e. The molecule has 1 aliphatic rings. The molecule has 0 N–H and O–H groups in total. The molecule has 30 heavy (non-hydrogen) atoms. The second-order valence-electron chi connectivity index (χ2n) is 7.59. The minimum atomic E-state index is 0.113. The molecule has 0 saturated carbocycles. The Bertz CT molecular complexity index is 1230. The number of hydrogen-bond acceptors (Lipinski definition) is 5. The molecule has 1 aliphatic carbocycles. The van der Waals surface area contributed by atoms with E-state index in [9.17, 15) is 4.79 Å². The lowest BCUT2D eigenvalue weighted by Gasteiger charge is -2.23. The van der Waals surface area contributed by atoms with Gasteiger partial charge in [-0.2, -0.15) is 4.98 Å². The number of fused-ring (bicyclic) bond motifs is 2. The number of nitrogens with zero attached hydrogens (tertiary/aromatic N) is 4. The van der Waals surface area contributed by atoms with Crippen molar-refractivity contribution in [3.05, 3.63) is 87.7 Å². The SMILES string of the molecule is Cc1ccc([C@H]2CC(=O)c3cn4nc(SCc5ccc(Cl)cc5)nc4nc3C2)cc1. The van der Waals surface area contributed by atoms with Crippen molar-refractivity contribution in [2.45, 2.75) is 36.6 Å². The van der Waals surface area contributed by atoms with Crippen LogP contribution in [0.3, 0.4) is 0 Å². The fourth-order valence-corrected chi connectivity index (χ4v) is 4.63. The molecule has 0 aliphatic heterocycles. The number of thioether (sulfide) groups is 1. The summed E-state index contributed by atoms with van der Waals surface area (Å²) in [4.78, 5) is 22.0. The van der Waals surface area contributed by atoms with Gasteiger partial charge < -0.3 is 0 Å². The number of rotatable bonds is 4. The topological polar surface area (TPSA) is 60.2 Å². The van der Waals surface area contributed by atoms with Crippen molar-refractivity contribution in [1.29, 1.82) is 0 Å². The summed E-state index contributed by atoms with van der Waals surface area (Å²) in [5.41, 5.74) is 5.01. The van der Waals surface area contributed by atoms with Crippen LogP contribution in [0.5, 0.6) is 0 Å². The molecule has 7 heteroatoms. The summed E-state index contributed by atoms with van der Waals surface area (Å²) >= 11 is 7.48. The van der Waals surface area contributed by atoms with Gasteiger partial charge in [0.2, 0.25) is 5.16 Å². The lowest BCUT2D eigenvalue weighted by Crippen LogP contribution is -2.21. The van der Waals surface area contributed by atoms with E-state index < -0.39 is 0 Å². The molecule has 0 unspecified atom stereocenters. The first kappa shape index (κ1) is 19.3. The van der Waals surface area contributed by atoms with E-state index in [0.717, 1.165) is 28.5 Å². The summed E-state index contributed by atoms with van der Waals surface area (Å²) in [5.74, 6) is 1.54. The number of carbonyl (C=O) groups excluding carboxylic acids is 1. The fraction of sp³-hybridized carbons (Fsp3) is 0.217. The van der Waals surface area contributed by atoms with Crippen molar-refractivity contribution in [3.8, 4) is 0 Å². The Labute approximate surface area is 183 Å². The lowest BCUT2D eigenvalue weighted by atomic mass is 9.82. The van der Waals surface area contributed by atoms with Crippen LogP contribution in [0.25, 0.3) is 5.78 Å². The van der Waals surface area contributed by atoms with Gasteiger partial charge in [-0.1, -0.05) is 65.3 Å². The third-order valence-electron chi connectivity index (χ3n) is 5.39. The standard InChI is InChI=1S/C23H19ClN4OS/c1-14-2-6-16(7-3-14)17-10-20-19(21(29)11-17)12-28-22(25-20)26-23(27-28)30-13-15-4-8-18(24)9-5-15/h2-9,12,17H,10-11,13H2,1H3/t17-/m1/s1. The molecule has 0 fully saturated rings. The maximum absolute atomic E-state index is 12.8. The van der Waals surface area contributed by atoms with Gasteiger partial charge in [0.1, 0.15) is 0 Å². The molecule has 2 heterocycles. The highest BCUT2D eigenvalue weighted by Gasteiger charge is 2.28. The predicted octanol–water partition coefficient (Wildman–Crippen LogP) is 5.29. The molecule has 2 aromatic heterocycles. The maximum Gasteiger partial charge on any atom is 0.253 e. The van der Waals surface area contributed by atoms with E-state index in [1.165, 1.54) is 22.9 Å². The van der Waals surface area contributed by atoms with Gasteiger partial charge in [-0.3, -0.25) is 4.79 Å². The zero-order valence-electron chi connectivity index (χ0n) is 16.4. The zero-order chi connectivity index (χ0) is 20.7. The van der Waals surface area contributed by atoms with Crippen molar-refractivity contribution in [2.24, 2.45) is 0 Å². The summed E-state index contributed by atoms with van der Waals surface area (Å²) in [7, 11) is 0. The van der Waals surface area contributed by atoms with Crippen molar-refractivity contribution >= 4 is 34.9 Å². The monoisotopic (exact) mass is 434 g/mol. The quantitative estimate of drug-likeness (QED) is 0.408. The van der Waals surface area contributed by atoms with Crippen molar-refractivity contribution in [1.82, 2.24) is 19.6 Å². The Balaban J connectivity index is 1.39. The highest BCUT2D eigenvalue weighted by Crippen LogP contribution is 2.32. The van der Waals surface area contributed by atoms with E-state index in [2.05, 4.69) is 46.3 Å². The number of Topliss-reactive ketones (excluding diaryl/α,β-unsaturated/α-hetero) is 1. The van der Waals surface area contributed by atoms with E-state index in [-0.39, 0.29) is 11.7 Å². The molecule has 5 nitrogen and oxygen atoms in total. The van der Waals surface area contributed by atoms with Crippen molar-refractivity contribution < 1.29 is 4.79 Å². The van der Waals surface area contributed by atoms with Gasteiger partial charge in [-0.15, -0.1) is 5.10 Å². The number of hydrogen-bond donors (Lipinski definition) is 0. The van der Waals surface area contributed by atoms with Crippen LogP contribution in [-0.2, 0) is 12.2 Å². The summed E-state index contributed by atoms with van der Waals surface area (Å²) in [6.07, 6.45) is 3.02. The summed E-state index contributed by atoms with van der Waals surface area (Å²) in [6.45, 7) is 2.07. The fourth-order valence-electron chi connectivity index (χ4n) is 3.73. The molecule has 0 saturated heterocycles. The second kappa shape index (κ2) is 7.85. The lowest BCUT2D eigenvalue weighted by molar-refractivity contribution is 0.0962. The van der Waals surface area contributed by atoms with Crippen LogP contribution >= 0.6 is 23.4 Å². The molecule has 0 spiro atoms. The van der Waals surface area contributed by atoms with Gasteiger partial charge in [-0.05, 0) is 42.5 Å². The number of aromatic nitrogens is 4. The van der Waals surface area contributed by atoms with E-state index in [4.69, 9.17) is 11.6 Å². The smallest absolute Gasteiger partial charge is 0.253 e. The van der Waals surface area contributed by atoms with Crippen LogP contribution in [0.15, 0.2) is 59.9 Å². The molecule has 0 bridgehead atoms. The molecule has 1 atom stereocenters. The number of carbonyl (C=O) groups is 1. The summed E-state index contributed by atoms with van der Waals surface area (Å²) < 4.78 is 1.62. The number of halogens is 1. The molecular formula is C23H19ClN4OS. The van der Waals surface area contributed by atoms with Crippen LogP contribution in [-0.4, -0.2) is 25.4 Å². The largest absolute Gasteiger partial charge is 0.294 e. The third-order valence-corrected chi connectivity index (χ3v) is 6.55. The third kappa shape index (κ3) is 3.85. The molecular weight excluding hydrogens is 416 g/mol. The molecule has 0 radical (unpaired) electrons. The van der Waals surface area contributed by atoms with E-state index in [1.807, 2.05) is 24.3 Å². The molecule has 0 amide bonds. The van der Waals surface area contributed by atoms with E-state index in [1.54, 1.807) is 10.7 Å². The van der Waals surface area contributed by atoms with Crippen LogP contribution in [0, 0.1) is 6.92 Å². The van der Waals surface area contributed by atoms with Gasteiger partial charge in [-0.25, -0.2) is 9.50 Å². The Morgan fingerprint density at radius 1 is 1.07 bits per heavy atom. The van der Waals surface area contributed by atoms with Gasteiger partial charge >= 0.3 is 0 Å². The average Bonchev–Trinajstić information content (AvgIpc) is 3.14. The Morgan fingerprint density at radius 2 is 1.83 bits per heavy atom. The van der Waals surface area contributed by atoms with Gasteiger partial charge in [0.15, 0.2) is 5.78 Å². The van der Waals surface area contributed by atoms with Crippen LogP contribution in [0.1, 0.15) is 45.1 Å². The normalized spacial score (nSPS) is 16.1. The highest BCUT2D eigenvalue weighted by atomic mass is 35.5. The van der Waals surface area contributed by atoms with Gasteiger partial charge in [0, 0.05) is 23.4 Å². The minimum absolute atomic E-state index is 0.113. The number of aryl methyl sites for hydroxylation is 1. The van der Waals surface area contributed by atoms with Crippen LogP contribution in [0.4, 0.5) is 0 Å². The van der Waals surface area contributed by atoms with Crippen LogP contribution < -0.4 is 0 Å². The maximum atomic E-state index is 12.8. The molecule has 2 aromatic carbocycles. The molecule has 5 rings (SSSR count). The highest BCUT2D eigenvalue weighted by molar-refractivity contribution is 7.98. The van der Waals surface area contributed by atoms with E-state index >= 15 is 0 Å². The zero-order valence-corrected chi connectivity index (χ0v) is 18.0.